The van der Waals surface area contributed by atoms with Crippen molar-refractivity contribution in [1.82, 2.24) is 5.32 Å². The number of nitrogens with one attached hydrogen (secondary N) is 1. The molecule has 0 radical (unpaired) electrons. The largest absolute Gasteiger partial charge is 0.329 e. The van der Waals surface area contributed by atoms with Gasteiger partial charge in [0.15, 0.2) is 0 Å². The molecule has 1 unspecified atom stereocenters. The fourth-order valence-electron chi connectivity index (χ4n) is 0.932. The molecule has 0 fully saturated rings. The van der Waals surface area contributed by atoms with Gasteiger partial charge >= 0.3 is 0 Å². The fraction of sp³-hybridized carbons (Fsp3) is 0.778. The second kappa shape index (κ2) is 7.76. The van der Waals surface area contributed by atoms with Crippen LogP contribution in [0, 0.1) is 0 Å². The van der Waals surface area contributed by atoms with Gasteiger partial charge in [-0.05, 0) is 26.3 Å². The molecule has 0 saturated heterocycles. The second-order valence-electron chi connectivity index (χ2n) is 2.65. The predicted molar refractivity (Wildman–Crippen MR) is 50.6 cm³/mol. The maximum absolute atomic E-state index is 5.52. The molecule has 0 amide bonds. The van der Waals surface area contributed by atoms with Gasteiger partial charge in [0.05, 0.1) is 0 Å². The normalized spacial score (nSPS) is 14.1. The lowest BCUT2D eigenvalue weighted by Gasteiger charge is -2.12. The van der Waals surface area contributed by atoms with Crippen molar-refractivity contribution in [2.45, 2.75) is 32.7 Å². The van der Waals surface area contributed by atoms with Gasteiger partial charge in [0.2, 0.25) is 0 Å². The van der Waals surface area contributed by atoms with E-state index in [2.05, 4.69) is 24.4 Å². The summed E-state index contributed by atoms with van der Waals surface area (Å²) in [6, 6.07) is 0.500. The first kappa shape index (κ1) is 10.7. The van der Waals surface area contributed by atoms with E-state index in [9.17, 15) is 0 Å². The third-order valence-electron chi connectivity index (χ3n) is 1.76. The predicted octanol–water partition coefficient (Wildman–Crippen LogP) is 1.28. The van der Waals surface area contributed by atoms with Crippen LogP contribution in [0.2, 0.25) is 0 Å². The molecule has 0 heterocycles. The van der Waals surface area contributed by atoms with E-state index in [4.69, 9.17) is 5.73 Å². The quantitative estimate of drug-likeness (QED) is 0.449. The Labute approximate surface area is 69.9 Å². The number of nitrogens with two attached hydrogens (primary N) is 1. The molecule has 2 heteroatoms. The van der Waals surface area contributed by atoms with Crippen LogP contribution in [0.3, 0.4) is 0 Å². The molecule has 0 aromatic heterocycles. The van der Waals surface area contributed by atoms with E-state index >= 15 is 0 Å². The summed E-state index contributed by atoms with van der Waals surface area (Å²) < 4.78 is 0. The third kappa shape index (κ3) is 6.07. The van der Waals surface area contributed by atoms with E-state index in [0.29, 0.717) is 6.04 Å². The Kier molecular flexibility index (Phi) is 7.52. The zero-order valence-electron chi connectivity index (χ0n) is 7.64. The highest BCUT2D eigenvalue weighted by Crippen LogP contribution is 1.88. The zero-order valence-corrected chi connectivity index (χ0v) is 7.64. The van der Waals surface area contributed by atoms with Gasteiger partial charge < -0.3 is 11.1 Å². The molecular formula is C9H20N2. The molecule has 0 aliphatic heterocycles. The SMILES string of the molecule is C/C=C/CCNC(CC)CN. The highest BCUT2D eigenvalue weighted by atomic mass is 14.9. The van der Waals surface area contributed by atoms with Crippen LogP contribution in [-0.2, 0) is 0 Å². The fourth-order valence-corrected chi connectivity index (χ4v) is 0.932. The van der Waals surface area contributed by atoms with Gasteiger partial charge in [0.1, 0.15) is 0 Å². The lowest BCUT2D eigenvalue weighted by atomic mass is 10.2. The molecule has 0 aromatic carbocycles. The standard InChI is InChI=1S/C9H20N2/c1-3-5-6-7-11-9(4-2)8-10/h3,5,9,11H,4,6-8,10H2,1-2H3/b5-3+. The van der Waals surface area contributed by atoms with E-state index in [1.165, 1.54) is 0 Å². The molecule has 66 valence electrons. The van der Waals surface area contributed by atoms with Gasteiger partial charge in [-0.3, -0.25) is 0 Å². The van der Waals surface area contributed by atoms with Crippen molar-refractivity contribution >= 4 is 0 Å². The highest BCUT2D eigenvalue weighted by molar-refractivity contribution is 4.78. The summed E-state index contributed by atoms with van der Waals surface area (Å²) in [6.07, 6.45) is 6.46. The minimum atomic E-state index is 0.500. The molecule has 0 bridgehead atoms. The van der Waals surface area contributed by atoms with Crippen LogP contribution in [0.5, 0.6) is 0 Å². The summed E-state index contributed by atoms with van der Waals surface area (Å²) in [7, 11) is 0. The Balaban J connectivity index is 3.21. The average molecular weight is 156 g/mol. The summed E-state index contributed by atoms with van der Waals surface area (Å²) in [5.41, 5.74) is 5.52. The first-order valence-corrected chi connectivity index (χ1v) is 4.39. The van der Waals surface area contributed by atoms with Crippen molar-refractivity contribution in [2.75, 3.05) is 13.1 Å². The molecule has 0 rings (SSSR count). The van der Waals surface area contributed by atoms with Gasteiger partial charge in [-0.1, -0.05) is 19.1 Å². The molecule has 1 atom stereocenters. The van der Waals surface area contributed by atoms with Crippen molar-refractivity contribution < 1.29 is 0 Å². The van der Waals surface area contributed by atoms with Crippen LogP contribution in [-0.4, -0.2) is 19.1 Å². The van der Waals surface area contributed by atoms with Crippen molar-refractivity contribution in [1.29, 1.82) is 0 Å². The molecule has 0 aliphatic rings. The second-order valence-corrected chi connectivity index (χ2v) is 2.65. The first-order chi connectivity index (χ1) is 5.35. The topological polar surface area (TPSA) is 38.0 Å². The Hall–Kier alpha value is -0.340. The molecule has 0 spiro atoms. The first-order valence-electron chi connectivity index (χ1n) is 4.39. The van der Waals surface area contributed by atoms with Crippen LogP contribution < -0.4 is 11.1 Å². The van der Waals surface area contributed by atoms with Crippen LogP contribution in [0.25, 0.3) is 0 Å². The van der Waals surface area contributed by atoms with E-state index in [1.54, 1.807) is 0 Å². The van der Waals surface area contributed by atoms with Gasteiger partial charge in [-0.25, -0.2) is 0 Å². The van der Waals surface area contributed by atoms with Crippen molar-refractivity contribution in [2.24, 2.45) is 5.73 Å². The molecular weight excluding hydrogens is 136 g/mol. The highest BCUT2D eigenvalue weighted by Gasteiger charge is 1.99. The van der Waals surface area contributed by atoms with Crippen molar-refractivity contribution in [3.05, 3.63) is 12.2 Å². The molecule has 2 nitrogen and oxygen atoms in total. The molecule has 11 heavy (non-hydrogen) atoms. The summed E-state index contributed by atoms with van der Waals surface area (Å²) in [4.78, 5) is 0. The van der Waals surface area contributed by atoms with Crippen LogP contribution >= 0.6 is 0 Å². The molecule has 0 saturated carbocycles. The van der Waals surface area contributed by atoms with Crippen molar-refractivity contribution in [3.8, 4) is 0 Å². The average Bonchev–Trinajstić information content (AvgIpc) is 2.05. The third-order valence-corrected chi connectivity index (χ3v) is 1.76. The van der Waals surface area contributed by atoms with Crippen molar-refractivity contribution in [3.63, 3.8) is 0 Å². The summed E-state index contributed by atoms with van der Waals surface area (Å²) in [5, 5.41) is 3.38. The van der Waals surface area contributed by atoms with Gasteiger partial charge in [0.25, 0.3) is 0 Å². The van der Waals surface area contributed by atoms with Gasteiger partial charge in [-0.15, -0.1) is 0 Å². The zero-order chi connectivity index (χ0) is 8.53. The summed E-state index contributed by atoms with van der Waals surface area (Å²) in [5.74, 6) is 0. The van der Waals surface area contributed by atoms with E-state index in [-0.39, 0.29) is 0 Å². The van der Waals surface area contributed by atoms with Gasteiger partial charge in [-0.2, -0.15) is 0 Å². The Morgan fingerprint density at radius 1 is 1.55 bits per heavy atom. The Morgan fingerprint density at radius 2 is 2.27 bits per heavy atom. The Morgan fingerprint density at radius 3 is 2.73 bits per heavy atom. The molecule has 0 aliphatic carbocycles. The van der Waals surface area contributed by atoms with Crippen LogP contribution in [0.15, 0.2) is 12.2 Å². The Bertz CT molecular complexity index is 95.7. The van der Waals surface area contributed by atoms with Crippen LogP contribution in [0.4, 0.5) is 0 Å². The number of rotatable bonds is 6. The maximum atomic E-state index is 5.52. The number of allylic oxidation sites excluding steroid dienone is 1. The maximum Gasteiger partial charge on any atom is 0.0187 e. The monoisotopic (exact) mass is 156 g/mol. The van der Waals surface area contributed by atoms with Crippen LogP contribution in [0.1, 0.15) is 26.7 Å². The van der Waals surface area contributed by atoms with E-state index in [1.807, 2.05) is 6.92 Å². The van der Waals surface area contributed by atoms with E-state index < -0.39 is 0 Å². The lowest BCUT2D eigenvalue weighted by Crippen LogP contribution is -2.35. The summed E-state index contributed by atoms with van der Waals surface area (Å²) in [6.45, 7) is 5.98. The lowest BCUT2D eigenvalue weighted by molar-refractivity contribution is 0.511. The minimum Gasteiger partial charge on any atom is -0.329 e. The number of hydrogen-bond donors (Lipinski definition) is 2. The number of hydrogen-bond acceptors (Lipinski definition) is 2. The van der Waals surface area contributed by atoms with E-state index in [0.717, 1.165) is 25.9 Å². The summed E-state index contributed by atoms with van der Waals surface area (Å²) >= 11 is 0. The minimum absolute atomic E-state index is 0.500. The molecule has 0 aromatic rings. The smallest absolute Gasteiger partial charge is 0.0187 e. The van der Waals surface area contributed by atoms with Gasteiger partial charge in [0, 0.05) is 12.6 Å². The molecule has 3 N–H and O–H groups in total.